The van der Waals surface area contributed by atoms with E-state index in [1.807, 2.05) is 12.2 Å². The lowest BCUT2D eigenvalue weighted by atomic mass is 9.83. The van der Waals surface area contributed by atoms with Crippen LogP contribution in [0.25, 0.3) is 0 Å². The summed E-state index contributed by atoms with van der Waals surface area (Å²) in [6, 6.07) is 0. The summed E-state index contributed by atoms with van der Waals surface area (Å²) in [4.78, 5) is 0. The Bertz CT molecular complexity index is 277. The Balaban J connectivity index is 5.24. The summed E-state index contributed by atoms with van der Waals surface area (Å²) in [6.45, 7) is 20.9. The molecule has 0 aromatic carbocycles. The Hall–Kier alpha value is -1.04. The first kappa shape index (κ1) is 15.0. The predicted molar refractivity (Wildman–Crippen MR) is 75.5 cm³/mol. The van der Waals surface area contributed by atoms with Crippen molar-refractivity contribution in [3.8, 4) is 0 Å². The summed E-state index contributed by atoms with van der Waals surface area (Å²) >= 11 is 0. The minimum absolute atomic E-state index is 0.141. The van der Waals surface area contributed by atoms with E-state index >= 15 is 0 Å². The van der Waals surface area contributed by atoms with Crippen LogP contribution in [0, 0.1) is 10.8 Å². The largest absolute Gasteiger partial charge is 0.0988 e. The van der Waals surface area contributed by atoms with Gasteiger partial charge in [-0.2, -0.15) is 0 Å². The summed E-state index contributed by atoms with van der Waals surface area (Å²) in [5.74, 6) is 0. The van der Waals surface area contributed by atoms with Gasteiger partial charge in [-0.3, -0.25) is 0 Å². The molecule has 0 spiro atoms. The molecule has 16 heavy (non-hydrogen) atoms. The van der Waals surface area contributed by atoms with Crippen LogP contribution in [0.4, 0.5) is 0 Å². The van der Waals surface area contributed by atoms with Gasteiger partial charge in [-0.25, -0.2) is 0 Å². The maximum atomic E-state index is 3.87. The summed E-state index contributed by atoms with van der Waals surface area (Å²) in [5, 5.41) is 0. The topological polar surface area (TPSA) is 0 Å². The molecule has 0 rings (SSSR count). The van der Waals surface area contributed by atoms with E-state index in [-0.39, 0.29) is 10.8 Å². The minimum Gasteiger partial charge on any atom is -0.0988 e. The lowest BCUT2D eigenvalue weighted by molar-refractivity contribution is 0.512. The molecule has 0 heteroatoms. The fourth-order valence-electron chi connectivity index (χ4n) is 1.43. The van der Waals surface area contributed by atoms with Crippen LogP contribution >= 0.6 is 0 Å². The van der Waals surface area contributed by atoms with Crippen LogP contribution in [-0.4, -0.2) is 0 Å². The van der Waals surface area contributed by atoms with Crippen molar-refractivity contribution in [2.24, 2.45) is 10.8 Å². The molecule has 0 unspecified atom stereocenters. The fourth-order valence-corrected chi connectivity index (χ4v) is 1.43. The van der Waals surface area contributed by atoms with Gasteiger partial charge in [-0.15, -0.1) is 0 Å². The molecule has 0 aliphatic carbocycles. The van der Waals surface area contributed by atoms with Crippen LogP contribution in [0.3, 0.4) is 0 Å². The molecular formula is C16H26. The van der Waals surface area contributed by atoms with Crippen molar-refractivity contribution >= 4 is 0 Å². The van der Waals surface area contributed by atoms with Gasteiger partial charge in [0.25, 0.3) is 0 Å². The molecule has 90 valence electrons. The first-order valence-corrected chi connectivity index (χ1v) is 5.80. The van der Waals surface area contributed by atoms with Crippen molar-refractivity contribution in [1.82, 2.24) is 0 Å². The summed E-state index contributed by atoms with van der Waals surface area (Å²) in [5.41, 5.74) is 2.78. The Morgan fingerprint density at radius 2 is 0.938 bits per heavy atom. The van der Waals surface area contributed by atoms with E-state index in [1.165, 1.54) is 11.1 Å². The molecule has 0 fully saturated rings. The first-order valence-electron chi connectivity index (χ1n) is 5.80. The van der Waals surface area contributed by atoms with Gasteiger partial charge < -0.3 is 0 Å². The highest BCUT2D eigenvalue weighted by Gasteiger charge is 2.15. The maximum absolute atomic E-state index is 3.87. The molecule has 0 aromatic rings. The van der Waals surface area contributed by atoms with E-state index in [2.05, 4.69) is 66.9 Å². The number of rotatable bonds is 3. The third-order valence-corrected chi connectivity index (χ3v) is 2.61. The van der Waals surface area contributed by atoms with Crippen molar-refractivity contribution in [2.45, 2.75) is 41.5 Å². The van der Waals surface area contributed by atoms with Crippen molar-refractivity contribution in [3.05, 3.63) is 48.6 Å². The maximum Gasteiger partial charge on any atom is -0.0132 e. The van der Waals surface area contributed by atoms with Crippen LogP contribution in [0.15, 0.2) is 48.6 Å². The van der Waals surface area contributed by atoms with Gasteiger partial charge >= 0.3 is 0 Å². The SMILES string of the molecule is C=C/C(=C\C=C(/C=C)C(C)(C)C)C(C)(C)C. The van der Waals surface area contributed by atoms with Crippen LogP contribution in [0.2, 0.25) is 0 Å². The minimum atomic E-state index is 0.141. The zero-order valence-corrected chi connectivity index (χ0v) is 11.7. The van der Waals surface area contributed by atoms with E-state index in [9.17, 15) is 0 Å². The van der Waals surface area contributed by atoms with Gasteiger partial charge in [-0.1, -0.05) is 79.0 Å². The van der Waals surface area contributed by atoms with Gasteiger partial charge in [0.15, 0.2) is 0 Å². The van der Waals surface area contributed by atoms with Crippen molar-refractivity contribution in [1.29, 1.82) is 0 Å². The Labute approximate surface area is 101 Å². The monoisotopic (exact) mass is 218 g/mol. The van der Waals surface area contributed by atoms with Crippen molar-refractivity contribution in [3.63, 3.8) is 0 Å². The summed E-state index contributed by atoms with van der Waals surface area (Å²) < 4.78 is 0. The molecule has 0 saturated heterocycles. The van der Waals surface area contributed by atoms with Crippen LogP contribution < -0.4 is 0 Å². The molecule has 0 bridgehead atoms. The molecule has 0 aliphatic rings. The predicted octanol–water partition coefficient (Wildman–Crippen LogP) is 5.30. The van der Waals surface area contributed by atoms with Crippen LogP contribution in [0.5, 0.6) is 0 Å². The molecule has 0 saturated carbocycles. The number of hydrogen-bond acceptors (Lipinski definition) is 0. The first-order chi connectivity index (χ1) is 7.12. The molecule has 0 heterocycles. The van der Waals surface area contributed by atoms with Gasteiger partial charge in [0.2, 0.25) is 0 Å². The van der Waals surface area contributed by atoms with E-state index in [1.54, 1.807) is 0 Å². The van der Waals surface area contributed by atoms with E-state index in [0.29, 0.717) is 0 Å². The highest BCUT2D eigenvalue weighted by molar-refractivity contribution is 5.33. The van der Waals surface area contributed by atoms with Crippen LogP contribution in [-0.2, 0) is 0 Å². The van der Waals surface area contributed by atoms with Gasteiger partial charge in [0.05, 0.1) is 0 Å². The molecule has 0 aromatic heterocycles. The zero-order chi connectivity index (χ0) is 13.0. The van der Waals surface area contributed by atoms with Gasteiger partial charge in [0.1, 0.15) is 0 Å². The molecule has 0 atom stereocenters. The van der Waals surface area contributed by atoms with Crippen molar-refractivity contribution < 1.29 is 0 Å². The van der Waals surface area contributed by atoms with E-state index in [4.69, 9.17) is 0 Å². The molecular weight excluding hydrogens is 192 g/mol. The third kappa shape index (κ3) is 4.65. The molecule has 0 N–H and O–H groups in total. The van der Waals surface area contributed by atoms with Crippen molar-refractivity contribution in [2.75, 3.05) is 0 Å². The third-order valence-electron chi connectivity index (χ3n) is 2.61. The average molecular weight is 218 g/mol. The van der Waals surface area contributed by atoms with Gasteiger partial charge in [-0.05, 0) is 22.0 Å². The summed E-state index contributed by atoms with van der Waals surface area (Å²) in [7, 11) is 0. The van der Waals surface area contributed by atoms with E-state index in [0.717, 1.165) is 0 Å². The summed E-state index contributed by atoms with van der Waals surface area (Å²) in [6.07, 6.45) is 8.16. The highest BCUT2D eigenvalue weighted by atomic mass is 14.2. The van der Waals surface area contributed by atoms with Gasteiger partial charge in [0, 0.05) is 0 Å². The highest BCUT2D eigenvalue weighted by Crippen LogP contribution is 2.29. The number of allylic oxidation sites excluding steroid dienone is 6. The molecule has 0 amide bonds. The fraction of sp³-hybridized carbons (Fsp3) is 0.500. The average Bonchev–Trinajstić information content (AvgIpc) is 2.08. The quantitative estimate of drug-likeness (QED) is 0.564. The second-order valence-electron chi connectivity index (χ2n) is 6.15. The Kier molecular flexibility index (Phi) is 4.99. The standard InChI is InChI=1S/C16H26/c1-9-13(15(3,4)5)11-12-14(10-2)16(6,7)8/h9-12H,1-2H2,3-8H3/b13-11+,14-12+. The smallest absolute Gasteiger partial charge is 0.0132 e. The Morgan fingerprint density at radius 3 is 1.06 bits per heavy atom. The molecule has 0 aliphatic heterocycles. The second-order valence-corrected chi connectivity index (χ2v) is 6.15. The second kappa shape index (κ2) is 5.34. The van der Waals surface area contributed by atoms with E-state index < -0.39 is 0 Å². The Morgan fingerprint density at radius 1 is 0.688 bits per heavy atom. The normalized spacial score (nSPS) is 14.9. The van der Waals surface area contributed by atoms with Crippen LogP contribution in [0.1, 0.15) is 41.5 Å². The zero-order valence-electron chi connectivity index (χ0n) is 11.7. The molecule has 0 radical (unpaired) electrons. The molecule has 0 nitrogen and oxygen atoms in total. The lowest BCUT2D eigenvalue weighted by Crippen LogP contribution is -2.09. The number of hydrogen-bond donors (Lipinski definition) is 0. The lowest BCUT2D eigenvalue weighted by Gasteiger charge is -2.22.